The molecular formula is C22H32IN5O2. The lowest BCUT2D eigenvalue weighted by Crippen LogP contribution is -2.49. The SMILES string of the molecule is CN=C(NCCc1ccc(OC)cc1O)NC1CCN(c2ccc(C)cn2)CC1.I. The van der Waals surface area contributed by atoms with Crippen molar-refractivity contribution in [1.82, 2.24) is 15.6 Å². The summed E-state index contributed by atoms with van der Waals surface area (Å²) in [6.45, 7) is 4.70. The molecule has 8 heteroatoms. The van der Waals surface area contributed by atoms with Crippen LogP contribution >= 0.6 is 24.0 Å². The highest BCUT2D eigenvalue weighted by atomic mass is 127. The first kappa shape index (κ1) is 24.0. The number of hydrogen-bond acceptors (Lipinski definition) is 5. The summed E-state index contributed by atoms with van der Waals surface area (Å²) in [6, 6.07) is 9.98. The molecule has 0 amide bonds. The van der Waals surface area contributed by atoms with Gasteiger partial charge in [0.05, 0.1) is 7.11 Å². The van der Waals surface area contributed by atoms with Crippen LogP contribution in [0.2, 0.25) is 0 Å². The van der Waals surface area contributed by atoms with E-state index in [9.17, 15) is 5.11 Å². The van der Waals surface area contributed by atoms with Crippen LogP contribution in [0.4, 0.5) is 5.82 Å². The maximum atomic E-state index is 10.1. The zero-order valence-corrected chi connectivity index (χ0v) is 20.2. The van der Waals surface area contributed by atoms with Crippen LogP contribution < -0.4 is 20.3 Å². The number of nitrogens with zero attached hydrogens (tertiary/aromatic N) is 3. The Kier molecular flexibility index (Phi) is 9.48. The highest BCUT2D eigenvalue weighted by Gasteiger charge is 2.20. The molecule has 2 aromatic rings. The molecule has 3 N–H and O–H groups in total. The van der Waals surface area contributed by atoms with Crippen LogP contribution in [-0.4, -0.2) is 55.9 Å². The van der Waals surface area contributed by atoms with E-state index in [0.29, 0.717) is 24.8 Å². The highest BCUT2D eigenvalue weighted by molar-refractivity contribution is 14.0. The molecule has 1 aliphatic rings. The number of benzene rings is 1. The first-order chi connectivity index (χ1) is 14.1. The average Bonchev–Trinajstić information content (AvgIpc) is 2.75. The lowest BCUT2D eigenvalue weighted by molar-refractivity contribution is 0.406. The monoisotopic (exact) mass is 525 g/mol. The van der Waals surface area contributed by atoms with Crippen LogP contribution in [0.1, 0.15) is 24.0 Å². The first-order valence-electron chi connectivity index (χ1n) is 10.1. The summed E-state index contributed by atoms with van der Waals surface area (Å²) in [7, 11) is 3.37. The van der Waals surface area contributed by atoms with Gasteiger partial charge in [-0.05, 0) is 49.4 Å². The molecule has 164 valence electrons. The Labute approximate surface area is 196 Å². The third-order valence-corrected chi connectivity index (χ3v) is 5.26. The van der Waals surface area contributed by atoms with E-state index in [-0.39, 0.29) is 29.7 Å². The molecule has 0 atom stereocenters. The van der Waals surface area contributed by atoms with Gasteiger partial charge in [-0.1, -0.05) is 12.1 Å². The van der Waals surface area contributed by atoms with Crippen LogP contribution in [0.5, 0.6) is 11.5 Å². The number of anilines is 1. The van der Waals surface area contributed by atoms with E-state index in [1.54, 1.807) is 20.2 Å². The van der Waals surface area contributed by atoms with Crippen LogP contribution in [0, 0.1) is 6.92 Å². The van der Waals surface area contributed by atoms with E-state index in [2.05, 4.69) is 44.6 Å². The fourth-order valence-electron chi connectivity index (χ4n) is 3.49. The zero-order chi connectivity index (χ0) is 20.6. The second-order valence-corrected chi connectivity index (χ2v) is 7.34. The molecule has 1 aromatic heterocycles. The van der Waals surface area contributed by atoms with E-state index in [1.165, 1.54) is 5.56 Å². The molecule has 1 fully saturated rings. The molecule has 0 aliphatic carbocycles. The summed E-state index contributed by atoms with van der Waals surface area (Å²) in [5.41, 5.74) is 2.07. The van der Waals surface area contributed by atoms with Gasteiger partial charge >= 0.3 is 0 Å². The number of aromatic nitrogens is 1. The molecule has 0 unspecified atom stereocenters. The van der Waals surface area contributed by atoms with Crippen LogP contribution in [0.3, 0.4) is 0 Å². The van der Waals surface area contributed by atoms with Gasteiger partial charge in [-0.25, -0.2) is 4.98 Å². The van der Waals surface area contributed by atoms with Crippen molar-refractivity contribution in [3.8, 4) is 11.5 Å². The molecule has 0 spiro atoms. The zero-order valence-electron chi connectivity index (χ0n) is 17.9. The number of rotatable bonds is 6. The number of aromatic hydroxyl groups is 1. The van der Waals surface area contributed by atoms with Crippen molar-refractivity contribution in [2.45, 2.75) is 32.2 Å². The number of phenolic OH excluding ortho intramolecular Hbond substituents is 1. The van der Waals surface area contributed by atoms with Crippen molar-refractivity contribution in [1.29, 1.82) is 0 Å². The molecule has 1 saturated heterocycles. The summed E-state index contributed by atoms with van der Waals surface area (Å²) in [6.07, 6.45) is 4.70. The standard InChI is InChI=1S/C22H31N5O2.HI/c1-16-4-7-21(25-15-16)27-12-9-18(10-13-27)26-22(23-2)24-11-8-17-5-6-19(29-3)14-20(17)28;/h4-7,14-15,18,28H,8-13H2,1-3H3,(H2,23,24,26);1H. The second-order valence-electron chi connectivity index (χ2n) is 7.34. The molecule has 0 saturated carbocycles. The van der Waals surface area contributed by atoms with Crippen LogP contribution in [0.25, 0.3) is 0 Å². The van der Waals surface area contributed by atoms with Gasteiger partial charge in [-0.3, -0.25) is 4.99 Å². The molecule has 2 heterocycles. The number of hydrogen-bond donors (Lipinski definition) is 3. The maximum Gasteiger partial charge on any atom is 0.191 e. The Balaban J connectivity index is 0.00000320. The number of guanidine groups is 1. The maximum absolute atomic E-state index is 10.1. The quantitative estimate of drug-likeness (QED) is 0.306. The van der Waals surface area contributed by atoms with Crippen molar-refractivity contribution >= 4 is 35.8 Å². The Morgan fingerprint density at radius 3 is 2.63 bits per heavy atom. The van der Waals surface area contributed by atoms with E-state index in [4.69, 9.17) is 4.74 Å². The summed E-state index contributed by atoms with van der Waals surface area (Å²) in [5, 5.41) is 16.9. The normalized spacial score (nSPS) is 14.8. The minimum atomic E-state index is 0. The van der Waals surface area contributed by atoms with Crippen molar-refractivity contribution in [2.24, 2.45) is 4.99 Å². The fraction of sp³-hybridized carbons (Fsp3) is 0.455. The Morgan fingerprint density at radius 1 is 1.27 bits per heavy atom. The number of methoxy groups -OCH3 is 1. The van der Waals surface area contributed by atoms with E-state index in [0.717, 1.165) is 43.3 Å². The molecular weight excluding hydrogens is 493 g/mol. The van der Waals surface area contributed by atoms with Gasteiger partial charge in [0.2, 0.25) is 0 Å². The lowest BCUT2D eigenvalue weighted by Gasteiger charge is -2.33. The molecule has 0 bridgehead atoms. The number of pyridine rings is 1. The van der Waals surface area contributed by atoms with Gasteiger partial charge in [0.1, 0.15) is 17.3 Å². The Hall–Kier alpha value is -2.23. The van der Waals surface area contributed by atoms with Gasteiger partial charge in [0, 0.05) is 45.0 Å². The van der Waals surface area contributed by atoms with Gasteiger partial charge in [0.15, 0.2) is 5.96 Å². The van der Waals surface area contributed by atoms with E-state index in [1.807, 2.05) is 18.3 Å². The minimum absolute atomic E-state index is 0. The van der Waals surface area contributed by atoms with Gasteiger partial charge < -0.3 is 25.4 Å². The minimum Gasteiger partial charge on any atom is -0.508 e. The number of phenols is 1. The Bertz CT molecular complexity index is 821. The third kappa shape index (κ3) is 6.65. The predicted octanol–water partition coefficient (Wildman–Crippen LogP) is 3.10. The molecule has 1 aliphatic heterocycles. The topological polar surface area (TPSA) is 82.0 Å². The van der Waals surface area contributed by atoms with Crippen molar-refractivity contribution in [2.75, 3.05) is 38.7 Å². The predicted molar refractivity (Wildman–Crippen MR) is 132 cm³/mol. The second kappa shape index (κ2) is 11.8. The molecule has 7 nitrogen and oxygen atoms in total. The van der Waals surface area contributed by atoms with Gasteiger partial charge in [0.25, 0.3) is 0 Å². The number of piperidine rings is 1. The van der Waals surface area contributed by atoms with Crippen LogP contribution in [-0.2, 0) is 6.42 Å². The van der Waals surface area contributed by atoms with Gasteiger partial charge in [-0.15, -0.1) is 24.0 Å². The lowest BCUT2D eigenvalue weighted by atomic mass is 10.1. The van der Waals surface area contributed by atoms with E-state index < -0.39 is 0 Å². The molecule has 0 radical (unpaired) electrons. The van der Waals surface area contributed by atoms with E-state index >= 15 is 0 Å². The average molecular weight is 525 g/mol. The fourth-order valence-corrected chi connectivity index (χ4v) is 3.49. The Morgan fingerprint density at radius 2 is 2.03 bits per heavy atom. The summed E-state index contributed by atoms with van der Waals surface area (Å²) in [5.74, 6) is 2.76. The van der Waals surface area contributed by atoms with Crippen molar-refractivity contribution in [3.63, 3.8) is 0 Å². The van der Waals surface area contributed by atoms with Crippen LogP contribution in [0.15, 0.2) is 41.5 Å². The largest absolute Gasteiger partial charge is 0.508 e. The summed E-state index contributed by atoms with van der Waals surface area (Å²) in [4.78, 5) is 11.2. The third-order valence-electron chi connectivity index (χ3n) is 5.26. The number of ether oxygens (including phenoxy) is 1. The number of nitrogens with one attached hydrogen (secondary N) is 2. The van der Waals surface area contributed by atoms with Crippen molar-refractivity contribution in [3.05, 3.63) is 47.7 Å². The summed E-state index contributed by atoms with van der Waals surface area (Å²) < 4.78 is 5.12. The smallest absolute Gasteiger partial charge is 0.191 e. The molecule has 3 rings (SSSR count). The van der Waals surface area contributed by atoms with Gasteiger partial charge in [-0.2, -0.15) is 0 Å². The highest BCUT2D eigenvalue weighted by Crippen LogP contribution is 2.23. The molecule has 30 heavy (non-hydrogen) atoms. The number of halogens is 1. The molecule has 1 aromatic carbocycles. The van der Waals surface area contributed by atoms with Crippen molar-refractivity contribution < 1.29 is 9.84 Å². The summed E-state index contributed by atoms with van der Waals surface area (Å²) >= 11 is 0. The number of aliphatic imine (C=N–C) groups is 1. The first-order valence-corrected chi connectivity index (χ1v) is 10.1. The number of aryl methyl sites for hydroxylation is 1.